The minimum atomic E-state index is 0.100. The van der Waals surface area contributed by atoms with E-state index in [1.165, 1.54) is 5.56 Å². The van der Waals surface area contributed by atoms with Crippen LogP contribution in [0.25, 0.3) is 0 Å². The molecule has 1 aromatic heterocycles. The third-order valence-electron chi connectivity index (χ3n) is 6.02. The maximum atomic E-state index is 12.8. The zero-order chi connectivity index (χ0) is 22.3. The van der Waals surface area contributed by atoms with Gasteiger partial charge in [-0.3, -0.25) is 14.6 Å². The molecule has 1 fully saturated rings. The molecule has 3 aromatic rings. The molecule has 2 aromatic carbocycles. The molecule has 0 saturated carbocycles. The summed E-state index contributed by atoms with van der Waals surface area (Å²) in [6, 6.07) is 18.6. The Labute approximate surface area is 189 Å². The molecule has 0 spiro atoms. The van der Waals surface area contributed by atoms with Crippen molar-refractivity contribution in [1.29, 1.82) is 0 Å². The second kappa shape index (κ2) is 10.4. The molecule has 0 atom stereocenters. The van der Waals surface area contributed by atoms with Gasteiger partial charge in [0.05, 0.1) is 19.9 Å². The Hall–Kier alpha value is -3.19. The fourth-order valence-corrected chi connectivity index (χ4v) is 4.26. The van der Waals surface area contributed by atoms with Gasteiger partial charge in [0.2, 0.25) is 5.91 Å². The Balaban J connectivity index is 1.41. The number of carbonyl (C=O) groups excluding carboxylic acids is 1. The van der Waals surface area contributed by atoms with Crippen LogP contribution in [0.15, 0.2) is 60.8 Å². The summed E-state index contributed by atoms with van der Waals surface area (Å²) in [6.07, 6.45) is 4.21. The summed E-state index contributed by atoms with van der Waals surface area (Å²) >= 11 is 0. The molecule has 7 heteroatoms. The monoisotopic (exact) mass is 433 g/mol. The smallest absolute Gasteiger partial charge is 0.228 e. The normalized spacial score (nSPS) is 14.9. The van der Waals surface area contributed by atoms with Crippen molar-refractivity contribution in [3.63, 3.8) is 0 Å². The van der Waals surface area contributed by atoms with Gasteiger partial charge < -0.3 is 4.74 Å². The van der Waals surface area contributed by atoms with Crippen LogP contribution in [0.1, 0.15) is 37.3 Å². The van der Waals surface area contributed by atoms with Gasteiger partial charge in [0.1, 0.15) is 5.75 Å². The lowest BCUT2D eigenvalue weighted by Gasteiger charge is -2.37. The third-order valence-corrected chi connectivity index (χ3v) is 6.02. The lowest BCUT2D eigenvalue weighted by atomic mass is 10.0. The number of aromatic nitrogens is 3. The average Bonchev–Trinajstić information content (AvgIpc) is 3.29. The maximum absolute atomic E-state index is 12.8. The highest BCUT2D eigenvalue weighted by Gasteiger charge is 2.30. The molecule has 1 aliphatic heterocycles. The summed E-state index contributed by atoms with van der Waals surface area (Å²) < 4.78 is 7.01. The standard InChI is InChI=1S/C25H31N5O2/c1-3-25(31)30(22-13-15-28(16-14-22)17-20-7-5-4-6-8-20)24-19-29(27-26-24)18-21-9-11-23(32-2)12-10-21/h4-12,19,22H,3,13-18H2,1-2H3. The van der Waals surface area contributed by atoms with Gasteiger partial charge in [0.15, 0.2) is 5.82 Å². The number of hydrogen-bond acceptors (Lipinski definition) is 5. The van der Waals surface area contributed by atoms with Crippen molar-refractivity contribution in [3.8, 4) is 5.75 Å². The van der Waals surface area contributed by atoms with Gasteiger partial charge in [-0.2, -0.15) is 0 Å². The number of ether oxygens (including phenoxy) is 1. The first-order valence-corrected chi connectivity index (χ1v) is 11.3. The number of hydrogen-bond donors (Lipinski definition) is 0. The molecular formula is C25H31N5O2. The highest BCUT2D eigenvalue weighted by Crippen LogP contribution is 2.24. The summed E-state index contributed by atoms with van der Waals surface area (Å²) in [4.78, 5) is 17.2. The van der Waals surface area contributed by atoms with Crippen LogP contribution in [0, 0.1) is 0 Å². The summed E-state index contributed by atoms with van der Waals surface area (Å²) in [5, 5.41) is 8.65. The number of methoxy groups -OCH3 is 1. The summed E-state index contributed by atoms with van der Waals surface area (Å²) in [5.74, 6) is 1.57. The Bertz CT molecular complexity index is 995. The van der Waals surface area contributed by atoms with Crippen LogP contribution < -0.4 is 9.64 Å². The van der Waals surface area contributed by atoms with Crippen LogP contribution in [-0.2, 0) is 17.9 Å². The van der Waals surface area contributed by atoms with E-state index in [4.69, 9.17) is 4.74 Å². The molecule has 0 N–H and O–H groups in total. The minimum absolute atomic E-state index is 0.100. The van der Waals surface area contributed by atoms with E-state index in [0.29, 0.717) is 18.8 Å². The molecule has 0 unspecified atom stereocenters. The molecule has 1 aliphatic rings. The van der Waals surface area contributed by atoms with Crippen molar-refractivity contribution in [2.45, 2.75) is 45.3 Å². The van der Waals surface area contributed by atoms with Gasteiger partial charge in [-0.1, -0.05) is 54.6 Å². The molecule has 2 heterocycles. The first-order valence-electron chi connectivity index (χ1n) is 11.3. The van der Waals surface area contributed by atoms with Crippen molar-refractivity contribution in [1.82, 2.24) is 19.9 Å². The quantitative estimate of drug-likeness (QED) is 0.542. The molecule has 0 bridgehead atoms. The second-order valence-electron chi connectivity index (χ2n) is 8.23. The van der Waals surface area contributed by atoms with Crippen molar-refractivity contribution in [2.75, 3.05) is 25.1 Å². The fourth-order valence-electron chi connectivity index (χ4n) is 4.26. The molecule has 32 heavy (non-hydrogen) atoms. The lowest BCUT2D eigenvalue weighted by Crippen LogP contribution is -2.47. The van der Waals surface area contributed by atoms with Crippen LogP contribution in [0.5, 0.6) is 5.75 Å². The highest BCUT2D eigenvalue weighted by atomic mass is 16.5. The van der Waals surface area contributed by atoms with Crippen LogP contribution in [0.4, 0.5) is 5.82 Å². The summed E-state index contributed by atoms with van der Waals surface area (Å²) in [7, 11) is 1.66. The fraction of sp³-hybridized carbons (Fsp3) is 0.400. The predicted octanol–water partition coefficient (Wildman–Crippen LogP) is 3.74. The van der Waals surface area contributed by atoms with Gasteiger partial charge in [0, 0.05) is 32.1 Å². The van der Waals surface area contributed by atoms with E-state index < -0.39 is 0 Å². The Morgan fingerprint density at radius 3 is 2.38 bits per heavy atom. The number of nitrogens with zero attached hydrogens (tertiary/aromatic N) is 5. The van der Waals surface area contributed by atoms with E-state index in [2.05, 4.69) is 39.5 Å². The van der Waals surface area contributed by atoms with Gasteiger partial charge in [0.25, 0.3) is 0 Å². The van der Waals surface area contributed by atoms with Crippen LogP contribution in [0.2, 0.25) is 0 Å². The summed E-state index contributed by atoms with van der Waals surface area (Å²) in [5.41, 5.74) is 2.43. The summed E-state index contributed by atoms with van der Waals surface area (Å²) in [6.45, 7) is 5.38. The van der Waals surface area contributed by atoms with Gasteiger partial charge in [-0.15, -0.1) is 5.10 Å². The number of amides is 1. The zero-order valence-electron chi connectivity index (χ0n) is 18.9. The van der Waals surface area contributed by atoms with Crippen LogP contribution in [0.3, 0.4) is 0 Å². The number of carbonyl (C=O) groups is 1. The van der Waals surface area contributed by atoms with E-state index in [1.54, 1.807) is 11.8 Å². The first kappa shape index (κ1) is 22.0. The number of rotatable bonds is 8. The largest absolute Gasteiger partial charge is 0.497 e. The van der Waals surface area contributed by atoms with E-state index >= 15 is 0 Å². The van der Waals surface area contributed by atoms with E-state index in [1.807, 2.05) is 48.4 Å². The van der Waals surface area contributed by atoms with E-state index in [9.17, 15) is 4.79 Å². The molecule has 7 nitrogen and oxygen atoms in total. The van der Waals surface area contributed by atoms with E-state index in [-0.39, 0.29) is 11.9 Å². The average molecular weight is 434 g/mol. The molecular weight excluding hydrogens is 402 g/mol. The second-order valence-corrected chi connectivity index (χ2v) is 8.23. The molecule has 168 valence electrons. The van der Waals surface area contributed by atoms with Crippen molar-refractivity contribution in [2.24, 2.45) is 0 Å². The molecule has 1 saturated heterocycles. The van der Waals surface area contributed by atoms with Crippen LogP contribution in [-0.4, -0.2) is 52.0 Å². The number of likely N-dealkylation sites (tertiary alicyclic amines) is 1. The topological polar surface area (TPSA) is 63.5 Å². The Morgan fingerprint density at radius 1 is 1.03 bits per heavy atom. The van der Waals surface area contributed by atoms with Crippen molar-refractivity contribution < 1.29 is 9.53 Å². The van der Waals surface area contributed by atoms with E-state index in [0.717, 1.165) is 43.8 Å². The SMILES string of the molecule is CCC(=O)N(c1cn(Cc2ccc(OC)cc2)nn1)C1CCN(Cc2ccccc2)CC1. The lowest BCUT2D eigenvalue weighted by molar-refractivity contribution is -0.119. The molecule has 4 rings (SSSR count). The Kier molecular flexibility index (Phi) is 7.17. The maximum Gasteiger partial charge on any atom is 0.228 e. The number of piperidine rings is 1. The zero-order valence-corrected chi connectivity index (χ0v) is 18.9. The van der Waals surface area contributed by atoms with Gasteiger partial charge in [-0.25, -0.2) is 4.68 Å². The molecule has 0 aliphatic carbocycles. The highest BCUT2D eigenvalue weighted by molar-refractivity contribution is 5.92. The number of benzene rings is 2. The van der Waals surface area contributed by atoms with Gasteiger partial charge in [-0.05, 0) is 36.1 Å². The Morgan fingerprint density at radius 2 is 1.72 bits per heavy atom. The van der Waals surface area contributed by atoms with Crippen molar-refractivity contribution >= 4 is 11.7 Å². The molecule has 0 radical (unpaired) electrons. The van der Waals surface area contributed by atoms with Crippen molar-refractivity contribution in [3.05, 3.63) is 71.9 Å². The van der Waals surface area contributed by atoms with Gasteiger partial charge >= 0.3 is 0 Å². The molecule has 1 amide bonds. The third kappa shape index (κ3) is 5.34. The number of anilines is 1. The minimum Gasteiger partial charge on any atom is -0.497 e. The van der Waals surface area contributed by atoms with Crippen LogP contribution >= 0.6 is 0 Å². The predicted molar refractivity (Wildman–Crippen MR) is 125 cm³/mol. The first-order chi connectivity index (χ1) is 15.7.